The molecule has 8 heteroatoms. The highest BCUT2D eigenvalue weighted by molar-refractivity contribution is 14.0. The van der Waals surface area contributed by atoms with E-state index in [2.05, 4.69) is 54.2 Å². The van der Waals surface area contributed by atoms with Crippen LogP contribution in [0.25, 0.3) is 0 Å². The van der Waals surface area contributed by atoms with Gasteiger partial charge in [0.15, 0.2) is 12.6 Å². The number of carbonyl (C=O) groups excluding carboxylic acids is 1. The summed E-state index contributed by atoms with van der Waals surface area (Å²) in [5, 5.41) is 11.8. The minimum absolute atomic E-state index is 0. The number of carbonyl (C=O) groups is 1. The Bertz CT molecular complexity index is 851. The van der Waals surface area contributed by atoms with Gasteiger partial charge in [-0.1, -0.05) is 32.0 Å². The predicted octanol–water partition coefficient (Wildman–Crippen LogP) is 4.06. The first kappa shape index (κ1) is 25.5. The van der Waals surface area contributed by atoms with Crippen molar-refractivity contribution in [1.82, 2.24) is 16.0 Å². The van der Waals surface area contributed by atoms with Crippen molar-refractivity contribution in [3.8, 4) is 5.75 Å². The van der Waals surface area contributed by atoms with E-state index in [1.807, 2.05) is 24.3 Å². The van der Waals surface area contributed by atoms with Crippen LogP contribution in [-0.4, -0.2) is 37.6 Å². The van der Waals surface area contributed by atoms with Crippen molar-refractivity contribution in [2.24, 2.45) is 4.99 Å². The standard InChI is InChI=1S/C23H32N4O2S.HI/c1-4-24-22(26-16-23(2,3)20-9-6-12-30-20)25-14-17-7-5-8-19(13-17)29-15-21(28)27-18-10-11-18;/h5-9,12-13,18H,4,10-11,14-16H2,1-3H3,(H,27,28)(H2,24,25,26);1H. The minimum atomic E-state index is -0.0621. The van der Waals surface area contributed by atoms with Crippen molar-refractivity contribution in [3.05, 3.63) is 52.2 Å². The lowest BCUT2D eigenvalue weighted by Crippen LogP contribution is -2.43. The van der Waals surface area contributed by atoms with Gasteiger partial charge < -0.3 is 20.7 Å². The number of aliphatic imine (C=N–C) groups is 1. The van der Waals surface area contributed by atoms with Crippen LogP contribution in [0.2, 0.25) is 0 Å². The molecule has 1 amide bonds. The van der Waals surface area contributed by atoms with Crippen LogP contribution in [0.5, 0.6) is 5.75 Å². The van der Waals surface area contributed by atoms with E-state index in [1.54, 1.807) is 11.3 Å². The number of guanidine groups is 1. The van der Waals surface area contributed by atoms with Gasteiger partial charge in [-0.15, -0.1) is 35.3 Å². The summed E-state index contributed by atoms with van der Waals surface area (Å²) in [4.78, 5) is 17.9. The molecule has 3 N–H and O–H groups in total. The van der Waals surface area contributed by atoms with Crippen LogP contribution >= 0.6 is 35.3 Å². The van der Waals surface area contributed by atoms with Gasteiger partial charge in [0.05, 0.1) is 6.54 Å². The first-order chi connectivity index (χ1) is 14.5. The first-order valence-corrected chi connectivity index (χ1v) is 11.4. The number of hydrogen-bond donors (Lipinski definition) is 3. The van der Waals surface area contributed by atoms with E-state index < -0.39 is 0 Å². The highest BCUT2D eigenvalue weighted by Crippen LogP contribution is 2.26. The molecule has 170 valence electrons. The molecule has 1 fully saturated rings. The SMILES string of the molecule is CCNC(=NCc1cccc(OCC(=O)NC2CC2)c1)NCC(C)(C)c1cccs1.I. The zero-order valence-corrected chi connectivity index (χ0v) is 21.6. The maximum atomic E-state index is 11.8. The molecule has 1 aromatic carbocycles. The lowest BCUT2D eigenvalue weighted by Gasteiger charge is -2.25. The van der Waals surface area contributed by atoms with Gasteiger partial charge in [0.25, 0.3) is 5.91 Å². The summed E-state index contributed by atoms with van der Waals surface area (Å²) >= 11 is 1.78. The van der Waals surface area contributed by atoms with Gasteiger partial charge in [0.2, 0.25) is 0 Å². The number of rotatable bonds is 10. The third-order valence-electron chi connectivity index (χ3n) is 4.86. The van der Waals surface area contributed by atoms with Gasteiger partial charge in [-0.3, -0.25) is 4.79 Å². The van der Waals surface area contributed by atoms with E-state index in [-0.39, 0.29) is 41.9 Å². The van der Waals surface area contributed by atoms with Crippen LogP contribution < -0.4 is 20.7 Å². The monoisotopic (exact) mass is 556 g/mol. The summed E-state index contributed by atoms with van der Waals surface area (Å²) in [6.45, 7) is 8.68. The second-order valence-electron chi connectivity index (χ2n) is 8.19. The van der Waals surface area contributed by atoms with Gasteiger partial charge >= 0.3 is 0 Å². The summed E-state index contributed by atoms with van der Waals surface area (Å²) in [7, 11) is 0. The molecule has 1 saturated carbocycles. The minimum Gasteiger partial charge on any atom is -0.484 e. The van der Waals surface area contributed by atoms with Crippen LogP contribution in [0.3, 0.4) is 0 Å². The molecule has 0 aliphatic heterocycles. The van der Waals surface area contributed by atoms with Gasteiger partial charge in [-0.05, 0) is 48.9 Å². The topological polar surface area (TPSA) is 74.8 Å². The quantitative estimate of drug-likeness (QED) is 0.235. The second kappa shape index (κ2) is 12.3. The highest BCUT2D eigenvalue weighted by atomic mass is 127. The molecule has 3 rings (SSSR count). The number of ether oxygens (including phenoxy) is 1. The maximum Gasteiger partial charge on any atom is 0.258 e. The van der Waals surface area contributed by atoms with E-state index in [0.29, 0.717) is 18.3 Å². The molecular weight excluding hydrogens is 523 g/mol. The van der Waals surface area contributed by atoms with Gasteiger partial charge in [0, 0.05) is 29.4 Å². The Kier molecular flexibility index (Phi) is 10.1. The number of halogens is 1. The average Bonchev–Trinajstić information content (AvgIpc) is 3.35. The average molecular weight is 557 g/mol. The summed E-state index contributed by atoms with van der Waals surface area (Å²) in [6, 6.07) is 12.4. The molecule has 1 aliphatic carbocycles. The van der Waals surface area contributed by atoms with Crippen LogP contribution in [0.1, 0.15) is 44.1 Å². The van der Waals surface area contributed by atoms with E-state index >= 15 is 0 Å². The van der Waals surface area contributed by atoms with Crippen molar-refractivity contribution in [3.63, 3.8) is 0 Å². The van der Waals surface area contributed by atoms with E-state index in [9.17, 15) is 4.79 Å². The smallest absolute Gasteiger partial charge is 0.258 e. The van der Waals surface area contributed by atoms with Gasteiger partial charge in [-0.2, -0.15) is 0 Å². The summed E-state index contributed by atoms with van der Waals surface area (Å²) in [6.07, 6.45) is 2.15. The van der Waals surface area contributed by atoms with Crippen LogP contribution in [0.4, 0.5) is 0 Å². The number of hydrogen-bond acceptors (Lipinski definition) is 4. The fourth-order valence-corrected chi connectivity index (χ4v) is 3.80. The lowest BCUT2D eigenvalue weighted by atomic mass is 9.91. The van der Waals surface area contributed by atoms with E-state index in [1.165, 1.54) is 4.88 Å². The highest BCUT2D eigenvalue weighted by Gasteiger charge is 2.23. The zero-order chi connectivity index (χ0) is 21.4. The van der Waals surface area contributed by atoms with Gasteiger partial charge in [0.1, 0.15) is 5.75 Å². The molecule has 6 nitrogen and oxygen atoms in total. The first-order valence-electron chi connectivity index (χ1n) is 10.5. The Balaban J connectivity index is 0.00000341. The molecule has 0 radical (unpaired) electrons. The molecule has 0 saturated heterocycles. The number of benzene rings is 1. The summed E-state index contributed by atoms with van der Waals surface area (Å²) in [5.74, 6) is 1.41. The summed E-state index contributed by atoms with van der Waals surface area (Å²) < 4.78 is 5.63. The normalized spacial score (nSPS) is 13.8. The van der Waals surface area contributed by atoms with E-state index in [0.717, 1.165) is 37.5 Å². The molecule has 0 spiro atoms. The Labute approximate surface area is 206 Å². The Morgan fingerprint density at radius 3 is 2.71 bits per heavy atom. The van der Waals surface area contributed by atoms with Crippen molar-refractivity contribution < 1.29 is 9.53 Å². The molecule has 1 aromatic heterocycles. The molecule has 31 heavy (non-hydrogen) atoms. The fourth-order valence-electron chi connectivity index (χ4n) is 2.95. The molecular formula is C23H33IN4O2S. The van der Waals surface area contributed by atoms with Crippen molar-refractivity contribution in [1.29, 1.82) is 0 Å². The summed E-state index contributed by atoms with van der Waals surface area (Å²) in [5.41, 5.74) is 1.06. The largest absolute Gasteiger partial charge is 0.484 e. The maximum absolute atomic E-state index is 11.8. The molecule has 1 aliphatic rings. The van der Waals surface area contributed by atoms with Crippen LogP contribution in [-0.2, 0) is 16.8 Å². The zero-order valence-electron chi connectivity index (χ0n) is 18.4. The number of thiophene rings is 1. The van der Waals surface area contributed by atoms with Crippen LogP contribution in [0, 0.1) is 0 Å². The second-order valence-corrected chi connectivity index (χ2v) is 9.14. The molecule has 1 heterocycles. The number of nitrogens with zero attached hydrogens (tertiary/aromatic N) is 1. The Morgan fingerprint density at radius 1 is 1.23 bits per heavy atom. The Morgan fingerprint density at radius 2 is 2.03 bits per heavy atom. The van der Waals surface area contributed by atoms with Crippen molar-refractivity contribution >= 4 is 47.2 Å². The lowest BCUT2D eigenvalue weighted by molar-refractivity contribution is -0.123. The third-order valence-corrected chi connectivity index (χ3v) is 6.10. The fraction of sp³-hybridized carbons (Fsp3) is 0.478. The van der Waals surface area contributed by atoms with E-state index in [4.69, 9.17) is 9.73 Å². The molecule has 0 unspecified atom stereocenters. The molecule has 0 atom stereocenters. The van der Waals surface area contributed by atoms with Crippen molar-refractivity contribution in [2.45, 2.75) is 51.6 Å². The molecule has 2 aromatic rings. The molecule has 0 bridgehead atoms. The third kappa shape index (κ3) is 8.68. The predicted molar refractivity (Wildman–Crippen MR) is 139 cm³/mol. The Hall–Kier alpha value is -1.81. The number of amides is 1. The van der Waals surface area contributed by atoms with Crippen LogP contribution in [0.15, 0.2) is 46.8 Å². The van der Waals surface area contributed by atoms with Gasteiger partial charge in [-0.25, -0.2) is 4.99 Å². The van der Waals surface area contributed by atoms with Crippen molar-refractivity contribution in [2.75, 3.05) is 19.7 Å². The number of nitrogens with one attached hydrogen (secondary N) is 3.